The first kappa shape index (κ1) is 26.6. The van der Waals surface area contributed by atoms with E-state index in [1.165, 1.54) is 0 Å². The van der Waals surface area contributed by atoms with E-state index in [1.807, 2.05) is 21.6 Å². The molecule has 0 aromatic heterocycles. The van der Waals surface area contributed by atoms with Gasteiger partial charge in [0.15, 0.2) is 0 Å². The Morgan fingerprint density at radius 3 is 1.93 bits per heavy atom. The number of esters is 2. The van der Waals surface area contributed by atoms with Gasteiger partial charge in [-0.25, -0.2) is 0 Å². The van der Waals surface area contributed by atoms with E-state index in [9.17, 15) is 9.59 Å². The molecule has 0 aromatic carbocycles. The summed E-state index contributed by atoms with van der Waals surface area (Å²) < 4.78 is 10.6. The first-order valence-electron chi connectivity index (χ1n) is 10.9. The Kier molecular flexibility index (Phi) is 12.0. The average Bonchev–Trinajstić information content (AvgIpc) is 3.16. The Hall–Kier alpha value is -0.400. The normalized spacial score (nSPS) is 15.7. The molecule has 1 heterocycles. The smallest absolute Gasteiger partial charge is 0.307 e. The molecular weight excluding hydrogens is 406 g/mol. The molecule has 0 N–H and O–H groups in total. The molecule has 0 unspecified atom stereocenters. The van der Waals surface area contributed by atoms with E-state index in [0.717, 1.165) is 43.7 Å². The van der Waals surface area contributed by atoms with Crippen LogP contribution in [0.5, 0.6) is 0 Å². The highest BCUT2D eigenvalue weighted by atomic mass is 33.1. The molecule has 1 saturated heterocycles. The van der Waals surface area contributed by atoms with Crippen LogP contribution in [-0.4, -0.2) is 59.7 Å². The summed E-state index contributed by atoms with van der Waals surface area (Å²) in [7, 11) is 3.82. The summed E-state index contributed by atoms with van der Waals surface area (Å²) in [4.78, 5) is 26.3. The lowest BCUT2D eigenvalue weighted by atomic mass is 9.85. The molecule has 7 heteroatoms. The van der Waals surface area contributed by atoms with Crippen molar-refractivity contribution in [2.75, 3.05) is 31.3 Å². The van der Waals surface area contributed by atoms with Gasteiger partial charge in [-0.15, -0.1) is 0 Å². The van der Waals surface area contributed by atoms with Gasteiger partial charge in [-0.2, -0.15) is 0 Å². The second-order valence-corrected chi connectivity index (χ2v) is 12.1. The van der Waals surface area contributed by atoms with E-state index in [2.05, 4.69) is 46.4 Å². The average molecular weight is 448 g/mol. The molecule has 1 fully saturated rings. The maximum absolute atomic E-state index is 12.1. The van der Waals surface area contributed by atoms with Crippen molar-refractivity contribution in [3.63, 3.8) is 0 Å². The number of carbonyl (C=O) groups excluding carboxylic acids is 2. The van der Waals surface area contributed by atoms with Gasteiger partial charge in [0, 0.05) is 36.1 Å². The van der Waals surface area contributed by atoms with Crippen molar-refractivity contribution in [1.82, 2.24) is 4.90 Å². The third kappa shape index (κ3) is 11.5. The Bertz CT molecular complexity index is 500. The van der Waals surface area contributed by atoms with Crippen molar-refractivity contribution >= 4 is 33.5 Å². The summed E-state index contributed by atoms with van der Waals surface area (Å²) in [5, 5.41) is 0. The van der Waals surface area contributed by atoms with Crippen LogP contribution >= 0.6 is 21.6 Å². The molecule has 170 valence electrons. The molecule has 0 aromatic rings. The van der Waals surface area contributed by atoms with Crippen molar-refractivity contribution in [3.05, 3.63) is 0 Å². The number of rotatable bonds is 13. The van der Waals surface area contributed by atoms with Crippen LogP contribution in [0.25, 0.3) is 0 Å². The maximum atomic E-state index is 12.1. The minimum Gasteiger partial charge on any atom is -0.466 e. The molecule has 0 spiro atoms. The Labute approximate surface area is 185 Å². The number of carbonyl (C=O) groups is 2. The molecule has 0 radical (unpaired) electrons. The minimum absolute atomic E-state index is 0.0482. The second kappa shape index (κ2) is 13.1. The SMILES string of the molecule is CCC(C)(C)CCC(=O)OCCCCOC(=O)CCN(C1CSSC1)C(C)(C)C. The molecule has 0 amide bonds. The van der Waals surface area contributed by atoms with E-state index >= 15 is 0 Å². The van der Waals surface area contributed by atoms with Gasteiger partial charge >= 0.3 is 11.9 Å². The highest BCUT2D eigenvalue weighted by Crippen LogP contribution is 2.35. The molecule has 1 aliphatic rings. The molecule has 0 saturated carbocycles. The zero-order valence-electron chi connectivity index (χ0n) is 19.3. The lowest BCUT2D eigenvalue weighted by Crippen LogP contribution is -2.50. The van der Waals surface area contributed by atoms with Gasteiger partial charge in [-0.05, 0) is 45.4 Å². The van der Waals surface area contributed by atoms with Crippen LogP contribution in [0, 0.1) is 5.41 Å². The van der Waals surface area contributed by atoms with Crippen LogP contribution in [0.4, 0.5) is 0 Å². The molecule has 1 rings (SSSR count). The Morgan fingerprint density at radius 2 is 1.45 bits per heavy atom. The van der Waals surface area contributed by atoms with Crippen molar-refractivity contribution in [2.24, 2.45) is 5.41 Å². The van der Waals surface area contributed by atoms with Gasteiger partial charge in [0.25, 0.3) is 0 Å². The number of hydrogen-bond acceptors (Lipinski definition) is 7. The lowest BCUT2D eigenvalue weighted by Gasteiger charge is -2.39. The van der Waals surface area contributed by atoms with E-state index < -0.39 is 0 Å². The van der Waals surface area contributed by atoms with Crippen molar-refractivity contribution in [1.29, 1.82) is 0 Å². The van der Waals surface area contributed by atoms with Gasteiger partial charge in [0.1, 0.15) is 0 Å². The third-order valence-electron chi connectivity index (χ3n) is 5.49. The molecule has 0 bridgehead atoms. The fraction of sp³-hybridized carbons (Fsp3) is 0.909. The highest BCUT2D eigenvalue weighted by Gasteiger charge is 2.31. The third-order valence-corrected chi connectivity index (χ3v) is 8.02. The quantitative estimate of drug-likeness (QED) is 0.215. The van der Waals surface area contributed by atoms with Crippen LogP contribution < -0.4 is 0 Å². The van der Waals surface area contributed by atoms with Crippen LogP contribution in [0.2, 0.25) is 0 Å². The number of hydrogen-bond donors (Lipinski definition) is 0. The van der Waals surface area contributed by atoms with Crippen molar-refractivity contribution < 1.29 is 19.1 Å². The molecule has 0 aliphatic carbocycles. The van der Waals surface area contributed by atoms with Crippen LogP contribution in [0.1, 0.15) is 80.1 Å². The summed E-state index contributed by atoms with van der Waals surface area (Å²) in [6, 6.07) is 0.524. The maximum Gasteiger partial charge on any atom is 0.307 e. The van der Waals surface area contributed by atoms with Gasteiger partial charge in [-0.1, -0.05) is 48.8 Å². The van der Waals surface area contributed by atoms with Gasteiger partial charge in [0.2, 0.25) is 0 Å². The fourth-order valence-electron chi connectivity index (χ4n) is 3.10. The van der Waals surface area contributed by atoms with E-state index in [-0.39, 0.29) is 22.9 Å². The molecule has 5 nitrogen and oxygen atoms in total. The van der Waals surface area contributed by atoms with Crippen LogP contribution in [-0.2, 0) is 19.1 Å². The van der Waals surface area contributed by atoms with E-state index in [1.54, 1.807) is 0 Å². The topological polar surface area (TPSA) is 55.8 Å². The largest absolute Gasteiger partial charge is 0.466 e. The predicted molar refractivity (Wildman–Crippen MR) is 124 cm³/mol. The van der Waals surface area contributed by atoms with Gasteiger partial charge in [0.05, 0.1) is 19.6 Å². The minimum atomic E-state index is -0.142. The zero-order valence-corrected chi connectivity index (χ0v) is 20.9. The van der Waals surface area contributed by atoms with Crippen LogP contribution in [0.15, 0.2) is 0 Å². The highest BCUT2D eigenvalue weighted by molar-refractivity contribution is 8.77. The Balaban J connectivity index is 2.12. The summed E-state index contributed by atoms with van der Waals surface area (Å²) in [6.45, 7) is 14.6. The van der Waals surface area contributed by atoms with Gasteiger partial charge < -0.3 is 9.47 Å². The van der Waals surface area contributed by atoms with E-state index in [0.29, 0.717) is 32.1 Å². The molecule has 29 heavy (non-hydrogen) atoms. The second-order valence-electron chi connectivity index (χ2n) is 9.50. The lowest BCUT2D eigenvalue weighted by molar-refractivity contribution is -0.146. The standard InChI is InChI=1S/C22H41NO4S2/c1-7-22(5,6)12-10-19(24)26-14-8-9-15-27-20(25)11-13-23(21(2,3)4)18-16-28-29-17-18/h18H,7-17H2,1-6H3. The predicted octanol–water partition coefficient (Wildman–Crippen LogP) is 5.32. The number of ether oxygens (including phenoxy) is 2. The number of unbranched alkanes of at least 4 members (excludes halogenated alkanes) is 1. The van der Waals surface area contributed by atoms with Crippen LogP contribution in [0.3, 0.4) is 0 Å². The summed E-state index contributed by atoms with van der Waals surface area (Å²) in [5.74, 6) is 1.96. The Morgan fingerprint density at radius 1 is 0.931 bits per heavy atom. The molecule has 1 aliphatic heterocycles. The summed E-state index contributed by atoms with van der Waals surface area (Å²) in [5.41, 5.74) is 0.234. The van der Waals surface area contributed by atoms with Crippen molar-refractivity contribution in [3.8, 4) is 0 Å². The summed E-state index contributed by atoms with van der Waals surface area (Å²) in [6.07, 6.45) is 4.24. The fourth-order valence-corrected chi connectivity index (χ4v) is 5.87. The first-order valence-corrected chi connectivity index (χ1v) is 13.4. The van der Waals surface area contributed by atoms with Gasteiger partial charge in [-0.3, -0.25) is 14.5 Å². The molecular formula is C22H41NO4S2. The molecule has 0 atom stereocenters. The monoisotopic (exact) mass is 447 g/mol. The summed E-state index contributed by atoms with van der Waals surface area (Å²) >= 11 is 0. The van der Waals surface area contributed by atoms with E-state index in [4.69, 9.17) is 9.47 Å². The zero-order chi connectivity index (χ0) is 21.9. The number of nitrogens with zero attached hydrogens (tertiary/aromatic N) is 1. The van der Waals surface area contributed by atoms with Crippen molar-refractivity contribution in [2.45, 2.75) is 91.6 Å². The first-order chi connectivity index (χ1) is 13.5.